The number of hydrogen-bond acceptors (Lipinski definition) is 3. The minimum atomic E-state index is 0.351. The van der Waals surface area contributed by atoms with E-state index in [1.54, 1.807) is 0 Å². The molecule has 0 saturated heterocycles. The van der Waals surface area contributed by atoms with Crippen molar-refractivity contribution >= 4 is 22.7 Å². The zero-order valence-electron chi connectivity index (χ0n) is 11.6. The lowest BCUT2D eigenvalue weighted by molar-refractivity contribution is 0.606. The molecule has 4 rings (SSSR count). The molecule has 0 spiro atoms. The maximum Gasteiger partial charge on any atom is 0.0767 e. The summed E-state index contributed by atoms with van der Waals surface area (Å²) in [5.74, 6) is 0.675. The summed E-state index contributed by atoms with van der Waals surface area (Å²) in [6.07, 6.45) is 1.25. The van der Waals surface area contributed by atoms with Crippen LogP contribution in [0.4, 0.5) is 0 Å². The first-order valence-corrected chi connectivity index (χ1v) is 9.05. The van der Waals surface area contributed by atoms with E-state index < -0.39 is 0 Å². The smallest absolute Gasteiger partial charge is 0.0767 e. The largest absolute Gasteiger partial charge is 0.301 e. The van der Waals surface area contributed by atoms with Gasteiger partial charge in [0.2, 0.25) is 0 Å². The van der Waals surface area contributed by atoms with Gasteiger partial charge in [-0.1, -0.05) is 42.5 Å². The van der Waals surface area contributed by atoms with Crippen LogP contribution in [0.3, 0.4) is 0 Å². The van der Waals surface area contributed by atoms with Crippen molar-refractivity contribution in [3.05, 3.63) is 80.7 Å². The zero-order chi connectivity index (χ0) is 14.1. The molecule has 1 aromatic carbocycles. The summed E-state index contributed by atoms with van der Waals surface area (Å²) >= 11 is 3.68. The normalized spacial score (nSPS) is 20.8. The summed E-state index contributed by atoms with van der Waals surface area (Å²) in [4.78, 5) is 2.83. The Kier molecular flexibility index (Phi) is 3.63. The molecule has 1 aliphatic carbocycles. The topological polar surface area (TPSA) is 12.0 Å². The monoisotopic (exact) mass is 311 g/mol. The number of hydrogen-bond donors (Lipinski definition) is 1. The number of benzene rings is 1. The van der Waals surface area contributed by atoms with Crippen LogP contribution in [0.25, 0.3) is 0 Å². The second-order valence-corrected chi connectivity index (χ2v) is 7.45. The Morgan fingerprint density at radius 1 is 0.857 bits per heavy atom. The Balaban J connectivity index is 1.52. The van der Waals surface area contributed by atoms with Crippen molar-refractivity contribution in [2.24, 2.45) is 0 Å². The van der Waals surface area contributed by atoms with Crippen LogP contribution >= 0.6 is 22.7 Å². The van der Waals surface area contributed by atoms with E-state index in [2.05, 4.69) is 70.7 Å². The van der Waals surface area contributed by atoms with Gasteiger partial charge < -0.3 is 5.32 Å². The first-order chi connectivity index (χ1) is 10.4. The van der Waals surface area contributed by atoms with Gasteiger partial charge in [-0.15, -0.1) is 22.7 Å². The standard InChI is InChI=1S/C18H17NS2/c1-2-6-13(7-3-1)14-12-15(14)19-18(16-8-4-10-20-16)17-9-5-11-21-17/h1-11,14-15,18-19H,12H2. The molecular formula is C18H17NS2. The highest BCUT2D eigenvalue weighted by atomic mass is 32.1. The molecule has 1 aliphatic rings. The lowest BCUT2D eigenvalue weighted by Gasteiger charge is -2.16. The van der Waals surface area contributed by atoms with Gasteiger partial charge in [-0.3, -0.25) is 0 Å². The van der Waals surface area contributed by atoms with Crippen molar-refractivity contribution < 1.29 is 0 Å². The van der Waals surface area contributed by atoms with Crippen molar-refractivity contribution in [1.29, 1.82) is 0 Å². The fraction of sp³-hybridized carbons (Fsp3) is 0.222. The summed E-state index contributed by atoms with van der Waals surface area (Å²) in [5, 5.41) is 8.20. The fourth-order valence-electron chi connectivity index (χ4n) is 2.88. The number of rotatable bonds is 5. The molecule has 3 heteroatoms. The molecule has 21 heavy (non-hydrogen) atoms. The van der Waals surface area contributed by atoms with Gasteiger partial charge in [0, 0.05) is 21.7 Å². The first kappa shape index (κ1) is 13.3. The molecule has 0 bridgehead atoms. The molecule has 1 nitrogen and oxygen atoms in total. The molecule has 2 aromatic heterocycles. The van der Waals surface area contributed by atoms with Crippen molar-refractivity contribution in [2.45, 2.75) is 24.4 Å². The van der Waals surface area contributed by atoms with Crippen LogP contribution in [-0.2, 0) is 0 Å². The van der Waals surface area contributed by atoms with E-state index in [0.717, 1.165) is 0 Å². The highest BCUT2D eigenvalue weighted by molar-refractivity contribution is 7.11. The van der Waals surface area contributed by atoms with Gasteiger partial charge in [-0.05, 0) is 34.9 Å². The molecule has 3 aromatic rings. The lowest BCUT2D eigenvalue weighted by atomic mass is 10.1. The summed E-state index contributed by atoms with van der Waals surface area (Å²) in [6.45, 7) is 0. The Morgan fingerprint density at radius 2 is 1.52 bits per heavy atom. The summed E-state index contributed by atoms with van der Waals surface area (Å²) < 4.78 is 0. The van der Waals surface area contributed by atoms with Crippen LogP contribution in [-0.4, -0.2) is 6.04 Å². The number of nitrogens with one attached hydrogen (secondary N) is 1. The molecule has 1 N–H and O–H groups in total. The highest BCUT2D eigenvalue weighted by Crippen LogP contribution is 2.43. The van der Waals surface area contributed by atoms with Gasteiger partial charge in [-0.2, -0.15) is 0 Å². The van der Waals surface area contributed by atoms with Crippen LogP contribution in [0.15, 0.2) is 65.4 Å². The average molecular weight is 311 g/mol. The quantitative estimate of drug-likeness (QED) is 0.695. The Bertz CT molecular complexity index is 639. The van der Waals surface area contributed by atoms with Crippen molar-refractivity contribution in [3.8, 4) is 0 Å². The maximum atomic E-state index is 3.87. The van der Waals surface area contributed by atoms with E-state index in [1.807, 2.05) is 22.7 Å². The van der Waals surface area contributed by atoms with Crippen LogP contribution < -0.4 is 5.32 Å². The first-order valence-electron chi connectivity index (χ1n) is 7.29. The van der Waals surface area contributed by atoms with E-state index in [-0.39, 0.29) is 0 Å². The molecular weight excluding hydrogens is 294 g/mol. The van der Waals surface area contributed by atoms with Gasteiger partial charge >= 0.3 is 0 Å². The van der Waals surface area contributed by atoms with E-state index in [0.29, 0.717) is 18.0 Å². The number of thiophene rings is 2. The predicted molar refractivity (Wildman–Crippen MR) is 91.2 cm³/mol. The lowest BCUT2D eigenvalue weighted by Crippen LogP contribution is -2.24. The summed E-state index contributed by atoms with van der Waals surface area (Å²) in [6, 6.07) is 20.6. The molecule has 2 atom stereocenters. The third-order valence-electron chi connectivity index (χ3n) is 4.05. The minimum Gasteiger partial charge on any atom is -0.301 e. The Labute approximate surface area is 133 Å². The molecule has 0 amide bonds. The third-order valence-corrected chi connectivity index (χ3v) is 5.93. The Morgan fingerprint density at radius 3 is 2.10 bits per heavy atom. The maximum absolute atomic E-state index is 3.87. The van der Waals surface area contributed by atoms with Gasteiger partial charge in [-0.25, -0.2) is 0 Å². The van der Waals surface area contributed by atoms with Gasteiger partial charge in [0.05, 0.1) is 6.04 Å². The molecule has 2 heterocycles. The predicted octanol–water partition coefficient (Wildman–Crippen LogP) is 5.04. The second-order valence-electron chi connectivity index (χ2n) is 5.49. The van der Waals surface area contributed by atoms with E-state index in [9.17, 15) is 0 Å². The van der Waals surface area contributed by atoms with E-state index in [4.69, 9.17) is 0 Å². The van der Waals surface area contributed by atoms with E-state index in [1.165, 1.54) is 21.7 Å². The van der Waals surface area contributed by atoms with Crippen molar-refractivity contribution in [2.75, 3.05) is 0 Å². The van der Waals surface area contributed by atoms with Gasteiger partial charge in [0.25, 0.3) is 0 Å². The average Bonchev–Trinajstić information content (AvgIpc) is 2.98. The summed E-state index contributed by atoms with van der Waals surface area (Å²) in [7, 11) is 0. The van der Waals surface area contributed by atoms with Crippen LogP contribution in [0.1, 0.15) is 33.7 Å². The van der Waals surface area contributed by atoms with Crippen LogP contribution in [0.2, 0.25) is 0 Å². The zero-order valence-corrected chi connectivity index (χ0v) is 13.2. The van der Waals surface area contributed by atoms with Crippen molar-refractivity contribution in [3.63, 3.8) is 0 Å². The molecule has 106 valence electrons. The molecule has 0 aliphatic heterocycles. The second kappa shape index (κ2) is 5.76. The van der Waals surface area contributed by atoms with Crippen LogP contribution in [0, 0.1) is 0 Å². The Hall–Kier alpha value is -1.42. The molecule has 2 unspecified atom stereocenters. The molecule has 1 saturated carbocycles. The van der Waals surface area contributed by atoms with Gasteiger partial charge in [0.15, 0.2) is 0 Å². The van der Waals surface area contributed by atoms with Crippen molar-refractivity contribution in [1.82, 2.24) is 5.32 Å². The van der Waals surface area contributed by atoms with Gasteiger partial charge in [0.1, 0.15) is 0 Å². The van der Waals surface area contributed by atoms with Crippen LogP contribution in [0.5, 0.6) is 0 Å². The summed E-state index contributed by atoms with van der Waals surface area (Å²) in [5.41, 5.74) is 1.46. The SMILES string of the molecule is c1ccc(C2CC2NC(c2cccs2)c2cccs2)cc1. The highest BCUT2D eigenvalue weighted by Gasteiger charge is 2.40. The molecule has 0 radical (unpaired) electrons. The third kappa shape index (κ3) is 2.82. The minimum absolute atomic E-state index is 0.351. The fourth-order valence-corrected chi connectivity index (χ4v) is 4.56. The molecule has 1 fully saturated rings. The van der Waals surface area contributed by atoms with E-state index >= 15 is 0 Å².